The molecule has 1 aromatic heterocycles. The Kier molecular flexibility index (Phi) is 7.54. The monoisotopic (exact) mass is 751 g/mol. The molecule has 2 heterocycles. The van der Waals surface area contributed by atoms with Crippen LogP contribution in [0, 0.1) is 0 Å². The smallest absolute Gasteiger partial charge is 0.0547 e. The lowest BCUT2D eigenvalue weighted by atomic mass is 9.89. The molecule has 1 aliphatic heterocycles. The Labute approximate surface area is 342 Å². The predicted molar refractivity (Wildman–Crippen MR) is 250 cm³/mol. The molecule has 276 valence electrons. The van der Waals surface area contributed by atoms with E-state index in [0.29, 0.717) is 0 Å². The standard InChI is InChI=1S/C56H37N3/c1-3-14-38(15-4-1)40-26-29-43(30-27-40)57(45-32-34-54-50(37-45)47-21-10-12-24-52(47)59(54)44-31-28-39-16-7-8-17-41(39)36-44)53-35-33-48-46-20-9-11-23-51(46)58(42-18-5-2-6-19-42)55-25-13-22-49(53)56(48)55/h1-37H. The van der Waals surface area contributed by atoms with Crippen molar-refractivity contribution in [3.63, 3.8) is 0 Å². The van der Waals surface area contributed by atoms with Gasteiger partial charge in [0, 0.05) is 49.9 Å². The number of anilines is 6. The summed E-state index contributed by atoms with van der Waals surface area (Å²) < 4.78 is 2.41. The molecule has 0 saturated heterocycles. The van der Waals surface area contributed by atoms with E-state index in [1.807, 2.05) is 0 Å². The van der Waals surface area contributed by atoms with Crippen LogP contribution in [0.3, 0.4) is 0 Å². The molecule has 1 aliphatic rings. The second kappa shape index (κ2) is 13.4. The van der Waals surface area contributed by atoms with Crippen LogP contribution in [0.15, 0.2) is 224 Å². The Bertz CT molecular complexity index is 3380. The first-order valence-corrected chi connectivity index (χ1v) is 20.3. The summed E-state index contributed by atoms with van der Waals surface area (Å²) in [4.78, 5) is 4.87. The molecule has 0 N–H and O–H groups in total. The van der Waals surface area contributed by atoms with Crippen LogP contribution in [-0.4, -0.2) is 4.57 Å². The van der Waals surface area contributed by atoms with Gasteiger partial charge < -0.3 is 14.4 Å². The van der Waals surface area contributed by atoms with E-state index >= 15 is 0 Å². The Hall–Kier alpha value is -7.88. The summed E-state index contributed by atoms with van der Waals surface area (Å²) >= 11 is 0. The fraction of sp³-hybridized carbons (Fsp3) is 0. The van der Waals surface area contributed by atoms with Gasteiger partial charge in [0.15, 0.2) is 0 Å². The van der Waals surface area contributed by atoms with Crippen LogP contribution in [0.25, 0.3) is 71.3 Å². The van der Waals surface area contributed by atoms with E-state index in [-0.39, 0.29) is 0 Å². The number of hydrogen-bond acceptors (Lipinski definition) is 2. The summed E-state index contributed by atoms with van der Waals surface area (Å²) in [5.74, 6) is 0. The minimum atomic E-state index is 1.10. The number of aromatic nitrogens is 1. The van der Waals surface area contributed by atoms with Crippen molar-refractivity contribution in [3.05, 3.63) is 224 Å². The number of benzene rings is 10. The third kappa shape index (κ3) is 5.29. The van der Waals surface area contributed by atoms with Gasteiger partial charge >= 0.3 is 0 Å². The third-order valence-electron chi connectivity index (χ3n) is 12.1. The molecule has 12 rings (SSSR count). The average molecular weight is 752 g/mol. The molecule has 0 spiro atoms. The summed E-state index contributed by atoms with van der Waals surface area (Å²) in [7, 11) is 0. The molecule has 0 saturated carbocycles. The molecule has 0 unspecified atom stereocenters. The first-order chi connectivity index (χ1) is 29.3. The first kappa shape index (κ1) is 33.3. The van der Waals surface area contributed by atoms with Gasteiger partial charge in [-0.3, -0.25) is 0 Å². The Morgan fingerprint density at radius 1 is 0.339 bits per heavy atom. The van der Waals surface area contributed by atoms with E-state index in [4.69, 9.17) is 0 Å². The molecule has 0 aliphatic carbocycles. The van der Waals surface area contributed by atoms with Crippen molar-refractivity contribution in [3.8, 4) is 27.9 Å². The van der Waals surface area contributed by atoms with Gasteiger partial charge in [0.1, 0.15) is 0 Å². The van der Waals surface area contributed by atoms with Crippen LogP contribution in [-0.2, 0) is 0 Å². The Balaban J connectivity index is 1.10. The largest absolute Gasteiger partial charge is 0.310 e. The van der Waals surface area contributed by atoms with Gasteiger partial charge in [0.25, 0.3) is 0 Å². The van der Waals surface area contributed by atoms with Gasteiger partial charge in [-0.1, -0.05) is 146 Å². The van der Waals surface area contributed by atoms with E-state index < -0.39 is 0 Å². The van der Waals surface area contributed by atoms with Crippen molar-refractivity contribution in [2.75, 3.05) is 9.80 Å². The average Bonchev–Trinajstić information content (AvgIpc) is 3.64. The van der Waals surface area contributed by atoms with Crippen LogP contribution < -0.4 is 9.80 Å². The van der Waals surface area contributed by atoms with Crippen LogP contribution in [0.5, 0.6) is 0 Å². The SMILES string of the molecule is c1ccc(-c2ccc(N(c3ccc4c(c3)c3ccccc3n4-c3ccc4ccccc4c3)c3ccc4c5c(cccc35)N(c3ccccc3)c3ccccc3-4)cc2)cc1. The molecule has 59 heavy (non-hydrogen) atoms. The molecular formula is C56H37N3. The zero-order valence-corrected chi connectivity index (χ0v) is 32.2. The quantitative estimate of drug-likeness (QED) is 0.168. The number of fused-ring (bicyclic) bond motifs is 6. The molecular weight excluding hydrogens is 715 g/mol. The second-order valence-corrected chi connectivity index (χ2v) is 15.4. The maximum atomic E-state index is 2.45. The minimum absolute atomic E-state index is 1.10. The van der Waals surface area contributed by atoms with E-state index in [9.17, 15) is 0 Å². The molecule has 0 fully saturated rings. The fourth-order valence-corrected chi connectivity index (χ4v) is 9.41. The highest BCUT2D eigenvalue weighted by Gasteiger charge is 2.28. The van der Waals surface area contributed by atoms with E-state index in [0.717, 1.165) is 28.4 Å². The first-order valence-electron chi connectivity index (χ1n) is 20.3. The molecule has 3 nitrogen and oxygen atoms in total. The number of rotatable bonds is 6. The number of hydrogen-bond donors (Lipinski definition) is 0. The van der Waals surface area contributed by atoms with Gasteiger partial charge in [-0.15, -0.1) is 0 Å². The summed E-state index contributed by atoms with van der Waals surface area (Å²) in [6.45, 7) is 0. The third-order valence-corrected chi connectivity index (χ3v) is 12.1. The summed E-state index contributed by atoms with van der Waals surface area (Å²) in [6, 6.07) is 81.8. The van der Waals surface area contributed by atoms with Gasteiger partial charge in [-0.2, -0.15) is 0 Å². The van der Waals surface area contributed by atoms with Gasteiger partial charge in [0.2, 0.25) is 0 Å². The fourth-order valence-electron chi connectivity index (χ4n) is 9.41. The highest BCUT2D eigenvalue weighted by atomic mass is 15.2. The summed E-state index contributed by atoms with van der Waals surface area (Å²) in [5, 5.41) is 7.35. The van der Waals surface area contributed by atoms with Crippen molar-refractivity contribution in [2.24, 2.45) is 0 Å². The molecule has 0 atom stereocenters. The van der Waals surface area contributed by atoms with Crippen LogP contribution >= 0.6 is 0 Å². The number of nitrogens with zero attached hydrogens (tertiary/aromatic N) is 3. The maximum Gasteiger partial charge on any atom is 0.0547 e. The van der Waals surface area contributed by atoms with Crippen molar-refractivity contribution in [1.29, 1.82) is 0 Å². The van der Waals surface area contributed by atoms with E-state index in [2.05, 4.69) is 239 Å². The minimum Gasteiger partial charge on any atom is -0.310 e. The lowest BCUT2D eigenvalue weighted by molar-refractivity contribution is 1.18. The number of para-hydroxylation sites is 3. The van der Waals surface area contributed by atoms with Gasteiger partial charge in [0.05, 0.1) is 28.1 Å². The molecule has 0 amide bonds. The van der Waals surface area contributed by atoms with Crippen molar-refractivity contribution < 1.29 is 0 Å². The van der Waals surface area contributed by atoms with Crippen LogP contribution in [0.4, 0.5) is 34.1 Å². The topological polar surface area (TPSA) is 11.4 Å². The van der Waals surface area contributed by atoms with Gasteiger partial charge in [-0.25, -0.2) is 0 Å². The Morgan fingerprint density at radius 3 is 1.86 bits per heavy atom. The lowest BCUT2D eigenvalue weighted by Crippen LogP contribution is -2.16. The molecule has 0 bridgehead atoms. The van der Waals surface area contributed by atoms with E-state index in [1.165, 1.54) is 77.0 Å². The van der Waals surface area contributed by atoms with E-state index in [1.54, 1.807) is 0 Å². The molecule has 11 aromatic rings. The van der Waals surface area contributed by atoms with Gasteiger partial charge in [-0.05, 0) is 106 Å². The highest BCUT2D eigenvalue weighted by Crippen LogP contribution is 2.53. The lowest BCUT2D eigenvalue weighted by Gasteiger charge is -2.35. The normalized spacial score (nSPS) is 12.0. The second-order valence-electron chi connectivity index (χ2n) is 15.4. The van der Waals surface area contributed by atoms with Crippen LogP contribution in [0.1, 0.15) is 0 Å². The Morgan fingerprint density at radius 2 is 1.00 bits per heavy atom. The van der Waals surface area contributed by atoms with Crippen molar-refractivity contribution in [1.82, 2.24) is 4.57 Å². The van der Waals surface area contributed by atoms with Crippen LogP contribution in [0.2, 0.25) is 0 Å². The predicted octanol–water partition coefficient (Wildman–Crippen LogP) is 15.7. The molecule has 10 aromatic carbocycles. The van der Waals surface area contributed by atoms with Crippen molar-refractivity contribution in [2.45, 2.75) is 0 Å². The summed E-state index contributed by atoms with van der Waals surface area (Å²) in [5.41, 5.74) is 15.2. The zero-order valence-electron chi connectivity index (χ0n) is 32.2. The summed E-state index contributed by atoms with van der Waals surface area (Å²) in [6.07, 6.45) is 0. The highest BCUT2D eigenvalue weighted by molar-refractivity contribution is 6.18. The zero-order chi connectivity index (χ0) is 38.9. The molecule has 0 radical (unpaired) electrons. The molecule has 3 heteroatoms. The van der Waals surface area contributed by atoms with Crippen molar-refractivity contribution >= 4 is 77.5 Å². The maximum absolute atomic E-state index is 2.45.